The molecule has 2 aromatic rings. The zero-order chi connectivity index (χ0) is 20.9. The molecule has 0 aromatic heterocycles. The lowest BCUT2D eigenvalue weighted by molar-refractivity contribution is -0.111. The van der Waals surface area contributed by atoms with Crippen molar-refractivity contribution in [3.05, 3.63) is 59.9 Å². The van der Waals surface area contributed by atoms with E-state index in [1.807, 2.05) is 0 Å². The number of nitrogens with zero attached hydrogens (tertiary/aromatic N) is 1. The summed E-state index contributed by atoms with van der Waals surface area (Å²) in [5.74, 6) is -0.621. The molecular weight excluding hydrogens is 399 g/mol. The maximum atomic E-state index is 13.0. The average molecular weight is 420 g/mol. The molecule has 0 atom stereocenters. The summed E-state index contributed by atoms with van der Waals surface area (Å²) in [6.07, 6.45) is 2.82. The van der Waals surface area contributed by atoms with Crippen molar-refractivity contribution in [2.24, 2.45) is 0 Å². The molecule has 0 bridgehead atoms. The first kappa shape index (κ1) is 21.0. The van der Waals surface area contributed by atoms with Crippen LogP contribution in [0.15, 0.2) is 53.4 Å². The van der Waals surface area contributed by atoms with Crippen molar-refractivity contribution < 1.29 is 27.1 Å². The van der Waals surface area contributed by atoms with Crippen LogP contribution in [0, 0.1) is 5.82 Å². The van der Waals surface area contributed by atoms with E-state index in [0.717, 1.165) is 0 Å². The first-order valence-corrected chi connectivity index (χ1v) is 10.3. The van der Waals surface area contributed by atoms with Crippen molar-refractivity contribution in [2.45, 2.75) is 4.90 Å². The van der Waals surface area contributed by atoms with Gasteiger partial charge in [-0.2, -0.15) is 4.31 Å². The predicted octanol–water partition coefficient (Wildman–Crippen LogP) is 2.51. The molecule has 7 nitrogen and oxygen atoms in total. The maximum Gasteiger partial charge on any atom is 0.248 e. The van der Waals surface area contributed by atoms with E-state index in [1.165, 1.54) is 47.8 Å². The first-order valence-electron chi connectivity index (χ1n) is 8.91. The van der Waals surface area contributed by atoms with E-state index in [1.54, 1.807) is 18.2 Å². The molecule has 0 unspecified atom stereocenters. The number of carbonyl (C=O) groups excluding carboxylic acids is 1. The molecule has 0 saturated carbocycles. The van der Waals surface area contributed by atoms with Gasteiger partial charge in [0.2, 0.25) is 15.9 Å². The van der Waals surface area contributed by atoms with Crippen LogP contribution in [0.5, 0.6) is 5.75 Å². The number of rotatable bonds is 6. The van der Waals surface area contributed by atoms with Crippen LogP contribution in [0.25, 0.3) is 6.08 Å². The first-order chi connectivity index (χ1) is 13.9. The summed E-state index contributed by atoms with van der Waals surface area (Å²) in [4.78, 5) is 12.2. The number of sulfonamides is 1. The van der Waals surface area contributed by atoms with E-state index < -0.39 is 15.9 Å². The molecule has 1 amide bonds. The van der Waals surface area contributed by atoms with E-state index in [9.17, 15) is 17.6 Å². The number of halogens is 1. The second-order valence-electron chi connectivity index (χ2n) is 6.26. The molecule has 1 heterocycles. The van der Waals surface area contributed by atoms with Gasteiger partial charge in [0, 0.05) is 24.9 Å². The number of hydrogen-bond acceptors (Lipinski definition) is 5. The summed E-state index contributed by atoms with van der Waals surface area (Å²) < 4.78 is 50.6. The fourth-order valence-corrected chi connectivity index (χ4v) is 4.40. The van der Waals surface area contributed by atoms with Gasteiger partial charge in [0.1, 0.15) is 16.5 Å². The highest BCUT2D eigenvalue weighted by Crippen LogP contribution is 2.30. The smallest absolute Gasteiger partial charge is 0.248 e. The molecule has 0 spiro atoms. The summed E-state index contributed by atoms with van der Waals surface area (Å²) in [5.41, 5.74) is 0.971. The number of ether oxygens (including phenoxy) is 2. The van der Waals surface area contributed by atoms with Crippen LogP contribution in [0.3, 0.4) is 0 Å². The number of hydrogen-bond donors (Lipinski definition) is 1. The molecule has 1 saturated heterocycles. The summed E-state index contributed by atoms with van der Waals surface area (Å²) in [6, 6.07) is 10.1. The van der Waals surface area contributed by atoms with Crippen molar-refractivity contribution in [3.63, 3.8) is 0 Å². The standard InChI is InChI=1S/C20H21FN2O5S/c1-27-18-8-7-17(14-19(18)29(25,26)23-10-12-28-13-11-23)22-20(24)9-4-15-2-5-16(21)6-3-15/h2-9,14H,10-13H2,1H3,(H,22,24)/b9-4+. The van der Waals surface area contributed by atoms with E-state index in [4.69, 9.17) is 9.47 Å². The van der Waals surface area contributed by atoms with Crippen LogP contribution in [-0.2, 0) is 19.6 Å². The number of benzene rings is 2. The Morgan fingerprint density at radius 2 is 1.86 bits per heavy atom. The molecule has 29 heavy (non-hydrogen) atoms. The number of morpholine rings is 1. The highest BCUT2D eigenvalue weighted by Gasteiger charge is 2.29. The van der Waals surface area contributed by atoms with Crippen molar-refractivity contribution in [1.82, 2.24) is 4.31 Å². The van der Waals surface area contributed by atoms with Gasteiger partial charge in [-0.25, -0.2) is 12.8 Å². The molecule has 154 valence electrons. The minimum Gasteiger partial charge on any atom is -0.495 e. The fraction of sp³-hybridized carbons (Fsp3) is 0.250. The number of carbonyl (C=O) groups is 1. The fourth-order valence-electron chi connectivity index (χ4n) is 2.81. The van der Waals surface area contributed by atoms with Gasteiger partial charge < -0.3 is 14.8 Å². The molecular formula is C20H21FN2O5S. The SMILES string of the molecule is COc1ccc(NC(=O)/C=C/c2ccc(F)cc2)cc1S(=O)(=O)N1CCOCC1. The number of nitrogens with one attached hydrogen (secondary N) is 1. The zero-order valence-electron chi connectivity index (χ0n) is 15.8. The molecule has 9 heteroatoms. The van der Waals surface area contributed by atoms with Crippen molar-refractivity contribution >= 4 is 27.7 Å². The lowest BCUT2D eigenvalue weighted by Gasteiger charge is -2.26. The monoisotopic (exact) mass is 420 g/mol. The summed E-state index contributed by atoms with van der Waals surface area (Å²) in [6.45, 7) is 1.16. The Morgan fingerprint density at radius 1 is 1.17 bits per heavy atom. The van der Waals surface area contributed by atoms with Gasteiger partial charge in [-0.15, -0.1) is 0 Å². The van der Waals surface area contributed by atoms with Crippen molar-refractivity contribution in [3.8, 4) is 5.75 Å². The van der Waals surface area contributed by atoms with E-state index in [0.29, 0.717) is 24.5 Å². The van der Waals surface area contributed by atoms with Crippen LogP contribution < -0.4 is 10.1 Å². The quantitative estimate of drug-likeness (QED) is 0.726. The van der Waals surface area contributed by atoms with Crippen LogP contribution in [-0.4, -0.2) is 52.0 Å². The predicted molar refractivity (Wildman–Crippen MR) is 107 cm³/mol. The molecule has 1 aliphatic rings. The lowest BCUT2D eigenvalue weighted by atomic mass is 10.2. The topological polar surface area (TPSA) is 84.9 Å². The third-order valence-electron chi connectivity index (χ3n) is 4.32. The van der Waals surface area contributed by atoms with E-state index >= 15 is 0 Å². The Hall–Kier alpha value is -2.75. The molecule has 0 radical (unpaired) electrons. The van der Waals surface area contributed by atoms with Gasteiger partial charge in [-0.3, -0.25) is 4.79 Å². The van der Waals surface area contributed by atoms with Crippen molar-refractivity contribution in [2.75, 3.05) is 38.7 Å². The highest BCUT2D eigenvalue weighted by molar-refractivity contribution is 7.89. The van der Waals surface area contributed by atoms with Gasteiger partial charge in [0.15, 0.2) is 0 Å². The Kier molecular flexibility index (Phi) is 6.63. The van der Waals surface area contributed by atoms with Crippen LogP contribution in [0.4, 0.5) is 10.1 Å². The summed E-state index contributed by atoms with van der Waals surface area (Å²) in [7, 11) is -2.41. The Labute approximate surface area is 168 Å². The molecule has 1 aliphatic heterocycles. The van der Waals surface area contributed by atoms with E-state index in [-0.39, 0.29) is 29.6 Å². The number of anilines is 1. The van der Waals surface area contributed by atoms with Crippen LogP contribution in [0.1, 0.15) is 5.56 Å². The van der Waals surface area contributed by atoms with E-state index in [2.05, 4.69) is 5.32 Å². The Morgan fingerprint density at radius 3 is 2.52 bits per heavy atom. The average Bonchev–Trinajstić information content (AvgIpc) is 2.74. The third kappa shape index (κ3) is 5.20. The molecule has 1 N–H and O–H groups in total. The normalized spacial score (nSPS) is 15.4. The largest absolute Gasteiger partial charge is 0.495 e. The highest BCUT2D eigenvalue weighted by atomic mass is 32.2. The molecule has 3 rings (SSSR count). The minimum atomic E-state index is -3.80. The van der Waals surface area contributed by atoms with Gasteiger partial charge >= 0.3 is 0 Å². The van der Waals surface area contributed by atoms with Crippen molar-refractivity contribution in [1.29, 1.82) is 0 Å². The van der Waals surface area contributed by atoms with Gasteiger partial charge in [-0.05, 0) is 42.0 Å². The number of amides is 1. The molecule has 2 aromatic carbocycles. The summed E-state index contributed by atoms with van der Waals surface area (Å²) >= 11 is 0. The maximum absolute atomic E-state index is 13.0. The van der Waals surface area contributed by atoms with Gasteiger partial charge in [0.25, 0.3) is 0 Å². The Balaban J connectivity index is 1.79. The third-order valence-corrected chi connectivity index (χ3v) is 6.24. The minimum absolute atomic E-state index is 0.0257. The second-order valence-corrected chi connectivity index (χ2v) is 8.16. The summed E-state index contributed by atoms with van der Waals surface area (Å²) in [5, 5.41) is 2.63. The molecule has 0 aliphatic carbocycles. The van der Waals surface area contributed by atoms with Crippen LogP contribution in [0.2, 0.25) is 0 Å². The van der Waals surface area contributed by atoms with Crippen LogP contribution >= 0.6 is 0 Å². The molecule has 1 fully saturated rings. The lowest BCUT2D eigenvalue weighted by Crippen LogP contribution is -2.40. The Bertz CT molecular complexity index is 1000. The zero-order valence-corrected chi connectivity index (χ0v) is 16.6. The number of methoxy groups -OCH3 is 1. The van der Waals surface area contributed by atoms with Gasteiger partial charge in [0.05, 0.1) is 20.3 Å². The van der Waals surface area contributed by atoms with Gasteiger partial charge in [-0.1, -0.05) is 12.1 Å². The second kappa shape index (κ2) is 9.17.